The van der Waals surface area contributed by atoms with Crippen LogP contribution < -0.4 is 11.1 Å². The normalized spacial score (nSPS) is 32.0. The van der Waals surface area contributed by atoms with Gasteiger partial charge in [-0.25, -0.2) is 0 Å². The molecular formula is C12H15N6O7+. The lowest BCUT2D eigenvalue weighted by molar-refractivity contribution is -0.417. The lowest BCUT2D eigenvalue weighted by Gasteiger charge is -2.20. The molecule has 0 aliphatic carbocycles. The Kier molecular flexibility index (Phi) is 4.08. The number of urea groups is 1. The second kappa shape index (κ2) is 5.96. The molecule has 0 spiro atoms. The van der Waals surface area contributed by atoms with Crippen molar-refractivity contribution < 1.29 is 39.0 Å². The highest BCUT2D eigenvalue weighted by Crippen LogP contribution is 2.27. The summed E-state index contributed by atoms with van der Waals surface area (Å²) in [5.74, 6) is -2.65. The third kappa shape index (κ3) is 2.58. The van der Waals surface area contributed by atoms with E-state index in [0.717, 1.165) is 9.48 Å². The van der Waals surface area contributed by atoms with Crippen LogP contribution in [0.4, 0.5) is 4.79 Å². The van der Waals surface area contributed by atoms with Crippen molar-refractivity contribution in [2.24, 2.45) is 10.7 Å². The molecule has 0 aromatic heterocycles. The lowest BCUT2D eigenvalue weighted by atomic mass is 10.1. The van der Waals surface area contributed by atoms with E-state index >= 15 is 0 Å². The SMILES string of the molecule is N=C1N=C2C(=[N+](CC(N)=O)C(=O)N2[C@@H]2O[C@H](CO)[C@@H](O)[C@H]2O)C(=O)N1. The Labute approximate surface area is 139 Å². The van der Waals surface area contributed by atoms with Gasteiger partial charge in [0.05, 0.1) is 6.61 Å². The molecule has 13 nitrogen and oxygen atoms in total. The first-order valence-electron chi connectivity index (χ1n) is 7.13. The van der Waals surface area contributed by atoms with Crippen LogP contribution in [0.2, 0.25) is 0 Å². The van der Waals surface area contributed by atoms with Crippen LogP contribution in [0.1, 0.15) is 0 Å². The zero-order valence-corrected chi connectivity index (χ0v) is 12.6. The Balaban J connectivity index is 2.05. The smallest absolute Gasteiger partial charge is 0.394 e. The minimum Gasteiger partial charge on any atom is -0.394 e. The van der Waals surface area contributed by atoms with Gasteiger partial charge in [-0.2, -0.15) is 14.4 Å². The number of rotatable bonds is 4. The third-order valence-corrected chi connectivity index (χ3v) is 3.90. The van der Waals surface area contributed by atoms with E-state index in [2.05, 4.69) is 10.3 Å². The van der Waals surface area contributed by atoms with E-state index in [4.69, 9.17) is 21.0 Å². The summed E-state index contributed by atoms with van der Waals surface area (Å²) < 4.78 is 6.01. The quantitative estimate of drug-likeness (QED) is 0.272. The van der Waals surface area contributed by atoms with Gasteiger partial charge in [0, 0.05) is 0 Å². The van der Waals surface area contributed by atoms with E-state index in [1.54, 1.807) is 0 Å². The summed E-state index contributed by atoms with van der Waals surface area (Å²) in [6, 6.07) is -0.952. The number of amidine groups is 1. The van der Waals surface area contributed by atoms with Gasteiger partial charge in [0.15, 0.2) is 6.54 Å². The van der Waals surface area contributed by atoms with Gasteiger partial charge in [-0.15, -0.1) is 4.90 Å². The molecule has 4 atom stereocenters. The second-order valence-electron chi connectivity index (χ2n) is 5.52. The number of ether oxygens (including phenoxy) is 1. The monoisotopic (exact) mass is 355 g/mol. The number of nitrogens with zero attached hydrogens (tertiary/aromatic N) is 3. The van der Waals surface area contributed by atoms with Crippen LogP contribution >= 0.6 is 0 Å². The second-order valence-corrected chi connectivity index (χ2v) is 5.52. The number of amides is 4. The number of guanidine groups is 1. The van der Waals surface area contributed by atoms with Crippen molar-refractivity contribution in [3.63, 3.8) is 0 Å². The molecule has 0 aromatic rings. The summed E-state index contributed by atoms with van der Waals surface area (Å²) in [5.41, 5.74) is 4.75. The van der Waals surface area contributed by atoms with Crippen LogP contribution in [0.25, 0.3) is 0 Å². The minimum absolute atomic E-state index is 0.324. The van der Waals surface area contributed by atoms with Crippen molar-refractivity contribution in [3.05, 3.63) is 0 Å². The van der Waals surface area contributed by atoms with Crippen LogP contribution in [0.5, 0.6) is 0 Å². The van der Waals surface area contributed by atoms with E-state index in [9.17, 15) is 24.6 Å². The highest BCUT2D eigenvalue weighted by molar-refractivity contribution is 6.70. The van der Waals surface area contributed by atoms with E-state index in [1.165, 1.54) is 0 Å². The molecule has 0 bridgehead atoms. The number of aliphatic hydroxyl groups excluding tert-OH is 3. The maximum Gasteiger partial charge on any atom is 0.503 e. The van der Waals surface area contributed by atoms with Gasteiger partial charge in [-0.1, -0.05) is 0 Å². The number of carbonyl (C=O) groups excluding carboxylic acids is 3. The molecule has 7 N–H and O–H groups in total. The molecule has 13 heteroatoms. The summed E-state index contributed by atoms with van der Waals surface area (Å²) in [6.45, 7) is -1.26. The van der Waals surface area contributed by atoms with Crippen molar-refractivity contribution in [3.8, 4) is 0 Å². The molecule has 0 unspecified atom stereocenters. The maximum absolute atomic E-state index is 12.7. The third-order valence-electron chi connectivity index (χ3n) is 3.90. The molecule has 3 aliphatic rings. The first-order valence-corrected chi connectivity index (χ1v) is 7.13. The highest BCUT2D eigenvalue weighted by Gasteiger charge is 2.60. The number of nitrogens with one attached hydrogen (secondary N) is 2. The van der Waals surface area contributed by atoms with Crippen LogP contribution in [0, 0.1) is 5.41 Å². The lowest BCUT2D eigenvalue weighted by Crippen LogP contribution is -2.53. The fourth-order valence-electron chi connectivity index (χ4n) is 2.81. The molecule has 4 amide bonds. The Hall–Kier alpha value is -2.74. The predicted octanol–water partition coefficient (Wildman–Crippen LogP) is -4.74. The Morgan fingerprint density at radius 3 is 2.64 bits per heavy atom. The average Bonchev–Trinajstić information content (AvgIpc) is 2.95. The van der Waals surface area contributed by atoms with Crippen LogP contribution in [0.15, 0.2) is 4.99 Å². The molecule has 1 fully saturated rings. The molecule has 3 rings (SSSR count). The molecule has 25 heavy (non-hydrogen) atoms. The van der Waals surface area contributed by atoms with E-state index < -0.39 is 61.5 Å². The number of fused-ring (bicyclic) bond motifs is 1. The van der Waals surface area contributed by atoms with E-state index in [-0.39, 0.29) is 11.5 Å². The first kappa shape index (κ1) is 17.1. The summed E-state index contributed by atoms with van der Waals surface area (Å²) in [7, 11) is 0. The standard InChI is InChI=1S/C12H14N6O7/c13-4(20)1-17-5-8(15-11(14)16-9(5)23)18(12(17)24)10-7(22)6(21)3(2-19)25-10/h3,6-7,10,19,21-22H,1-2H2,(H3-,13,14,16,20,23)/p+1/t3-,6-,7-,10-/m1/s1. The van der Waals surface area contributed by atoms with Gasteiger partial charge in [0.25, 0.3) is 17.5 Å². The zero-order chi connectivity index (χ0) is 18.5. The zero-order valence-electron chi connectivity index (χ0n) is 12.6. The number of aliphatic hydroxyl groups is 3. The summed E-state index contributed by atoms with van der Waals surface area (Å²) in [4.78, 5) is 40.5. The number of nitrogens with two attached hydrogens (primary N) is 1. The first-order chi connectivity index (χ1) is 11.8. The van der Waals surface area contributed by atoms with Crippen molar-refractivity contribution in [1.29, 1.82) is 5.41 Å². The summed E-state index contributed by atoms with van der Waals surface area (Å²) >= 11 is 0. The maximum atomic E-state index is 12.7. The van der Waals surface area contributed by atoms with Gasteiger partial charge in [0.2, 0.25) is 12.2 Å². The van der Waals surface area contributed by atoms with E-state index in [1.807, 2.05) is 0 Å². The molecule has 3 heterocycles. The molecule has 134 valence electrons. The topological polar surface area (TPSA) is 202 Å². The highest BCUT2D eigenvalue weighted by atomic mass is 16.6. The molecule has 0 saturated carbocycles. The van der Waals surface area contributed by atoms with Crippen LogP contribution in [-0.4, -0.2) is 97.8 Å². The van der Waals surface area contributed by atoms with Crippen molar-refractivity contribution in [2.45, 2.75) is 24.5 Å². The van der Waals surface area contributed by atoms with Crippen molar-refractivity contribution in [2.75, 3.05) is 13.2 Å². The number of hydrogen-bond acceptors (Lipinski definition) is 8. The van der Waals surface area contributed by atoms with Crippen molar-refractivity contribution in [1.82, 2.24) is 10.2 Å². The Morgan fingerprint density at radius 1 is 1.40 bits per heavy atom. The fourth-order valence-corrected chi connectivity index (χ4v) is 2.81. The molecular weight excluding hydrogens is 340 g/mol. The van der Waals surface area contributed by atoms with Gasteiger partial charge in [-0.05, 0) is 0 Å². The van der Waals surface area contributed by atoms with Gasteiger partial charge >= 0.3 is 11.9 Å². The molecule has 1 saturated heterocycles. The van der Waals surface area contributed by atoms with Crippen LogP contribution in [0.3, 0.4) is 0 Å². The number of primary amides is 1. The number of carbonyl (C=O) groups is 3. The Morgan fingerprint density at radius 2 is 2.08 bits per heavy atom. The molecule has 3 aliphatic heterocycles. The minimum atomic E-state index is -1.61. The van der Waals surface area contributed by atoms with Gasteiger partial charge in [-0.3, -0.25) is 20.3 Å². The number of hydrogen-bond donors (Lipinski definition) is 6. The Bertz CT molecular complexity index is 746. The van der Waals surface area contributed by atoms with E-state index in [0.29, 0.717) is 0 Å². The number of aliphatic imine (C=N–C) groups is 1. The molecule has 0 aromatic carbocycles. The van der Waals surface area contributed by atoms with Crippen molar-refractivity contribution >= 4 is 35.4 Å². The average molecular weight is 355 g/mol. The van der Waals surface area contributed by atoms with Gasteiger partial charge < -0.3 is 25.8 Å². The summed E-state index contributed by atoms with van der Waals surface area (Å²) in [5, 5.41) is 38.7. The predicted molar refractivity (Wildman–Crippen MR) is 77.6 cm³/mol. The molecule has 0 radical (unpaired) electrons. The summed E-state index contributed by atoms with van der Waals surface area (Å²) in [6.07, 6.45) is -5.75. The van der Waals surface area contributed by atoms with Crippen LogP contribution in [-0.2, 0) is 14.3 Å². The largest absolute Gasteiger partial charge is 0.503 e. The fraction of sp³-hybridized carbons (Fsp3) is 0.500. The van der Waals surface area contributed by atoms with Gasteiger partial charge in [0.1, 0.15) is 18.3 Å².